The summed E-state index contributed by atoms with van der Waals surface area (Å²) in [5, 5.41) is 35.0. The summed E-state index contributed by atoms with van der Waals surface area (Å²) in [6.07, 6.45) is 0.774. The number of alkyl halides is 1. The summed E-state index contributed by atoms with van der Waals surface area (Å²) in [4.78, 5) is 27.2. The van der Waals surface area contributed by atoms with E-state index in [9.17, 15) is 10.1 Å². The van der Waals surface area contributed by atoms with Crippen LogP contribution in [0.3, 0.4) is 0 Å². The number of anilines is 1. The third kappa shape index (κ3) is 13.5. The predicted octanol–water partition coefficient (Wildman–Crippen LogP) is 11.3. The van der Waals surface area contributed by atoms with E-state index < -0.39 is 0 Å². The molecule has 0 aliphatic carbocycles. The first kappa shape index (κ1) is 46.5. The van der Waals surface area contributed by atoms with Gasteiger partial charge in [-0.25, -0.2) is 19.8 Å². The molecule has 0 spiro atoms. The van der Waals surface area contributed by atoms with E-state index in [1.165, 1.54) is 23.1 Å². The third-order valence-corrected chi connectivity index (χ3v) is 11.7. The van der Waals surface area contributed by atoms with Crippen LogP contribution in [0.4, 0.5) is 11.5 Å². The van der Waals surface area contributed by atoms with E-state index in [2.05, 4.69) is 25.9 Å². The smallest absolute Gasteiger partial charge is 0.236 e. The molecular weight excluding hydrogens is 895 g/mol. The molecule has 11 nitrogen and oxygen atoms in total. The number of nitrogens with zero attached hydrogens (tertiary/aromatic N) is 5. The first-order valence-electron chi connectivity index (χ1n) is 18.0. The van der Waals surface area contributed by atoms with Crippen molar-refractivity contribution in [2.75, 3.05) is 32.2 Å². The molecule has 3 heterocycles. The standard InChI is InChI=1S/C25H18ClN5O2S2.C10H7Cl2NS.C9H10O3/c1-29-22-21(15-4-8-19(9-5-15)33-11-10-32)20(12-27)25(31-23(22)28)35-14-18-13-34-24(30-18)16-2-6-17(26)7-3-16;11-5-9-6-14-10(13-9)7-1-3-8(12)4-2-7;10-5-6-12-9-3-1-8(7-11)2-4-9/h2-9,13,32H,10-11,14H2,(H2,28,31);1-4,6H,5H2;1-4,7,10H,5-6H2. The molecule has 0 bridgehead atoms. The van der Waals surface area contributed by atoms with Gasteiger partial charge >= 0.3 is 0 Å². The fraction of sp³-hybridized carbons (Fsp3) is 0.136. The van der Waals surface area contributed by atoms with Crippen LogP contribution in [0.1, 0.15) is 27.3 Å². The van der Waals surface area contributed by atoms with Crippen LogP contribution in [0, 0.1) is 17.9 Å². The fourth-order valence-electron chi connectivity index (χ4n) is 5.20. The number of thiazole rings is 2. The molecule has 3 aromatic heterocycles. The second kappa shape index (κ2) is 24.1. The van der Waals surface area contributed by atoms with Crippen LogP contribution in [-0.4, -0.2) is 57.9 Å². The summed E-state index contributed by atoms with van der Waals surface area (Å²) in [5.74, 6) is 2.24. The summed E-state index contributed by atoms with van der Waals surface area (Å²) in [6.45, 7) is 7.96. The number of nitrogens with two attached hydrogens (primary N) is 1. The molecular formula is C44H35Cl3N6O5S3. The van der Waals surface area contributed by atoms with Crippen LogP contribution >= 0.6 is 69.2 Å². The quantitative estimate of drug-likeness (QED) is 0.0411. The summed E-state index contributed by atoms with van der Waals surface area (Å²) < 4.78 is 10.5. The topological polar surface area (TPSA) is 169 Å². The van der Waals surface area contributed by atoms with Crippen LogP contribution in [-0.2, 0) is 11.6 Å². The average Bonchev–Trinajstić information content (AvgIpc) is 3.99. The number of carbonyl (C=O) groups excluding carboxylic acids is 1. The Morgan fingerprint density at radius 2 is 1.26 bits per heavy atom. The zero-order valence-electron chi connectivity index (χ0n) is 32.0. The van der Waals surface area contributed by atoms with Gasteiger partial charge in [-0.2, -0.15) is 5.26 Å². The van der Waals surface area contributed by atoms with Gasteiger partial charge in [-0.1, -0.05) is 71.4 Å². The Hall–Kier alpha value is -5.52. The van der Waals surface area contributed by atoms with Crippen LogP contribution in [0.25, 0.3) is 37.1 Å². The highest BCUT2D eigenvalue weighted by Gasteiger charge is 2.21. The van der Waals surface area contributed by atoms with Crippen molar-refractivity contribution >= 4 is 87.0 Å². The molecule has 0 radical (unpaired) electrons. The van der Waals surface area contributed by atoms with E-state index >= 15 is 0 Å². The highest BCUT2D eigenvalue weighted by molar-refractivity contribution is 7.98. The number of thioether (sulfide) groups is 1. The van der Waals surface area contributed by atoms with Crippen molar-refractivity contribution < 1.29 is 24.5 Å². The van der Waals surface area contributed by atoms with Gasteiger partial charge < -0.3 is 25.4 Å². The maximum Gasteiger partial charge on any atom is 0.236 e. The minimum Gasteiger partial charge on any atom is -0.491 e. The third-order valence-electron chi connectivity index (χ3n) is 8.05. The summed E-state index contributed by atoms with van der Waals surface area (Å²) in [7, 11) is 0. The van der Waals surface area contributed by atoms with Crippen molar-refractivity contribution in [3.8, 4) is 49.8 Å². The SMILES string of the molecule is ClCc1csc(-c2ccc(Cl)cc2)n1.O=Cc1ccc(OCCO)cc1.[C-]#[N+]c1c(N)nc(SCc2csc(-c3ccc(Cl)cc3)n2)c(C#N)c1-c1ccc(OCCO)cc1. The molecule has 0 saturated heterocycles. The number of rotatable bonds is 14. The molecule has 4 N–H and O–H groups in total. The van der Waals surface area contributed by atoms with E-state index in [0.717, 1.165) is 43.8 Å². The second-order valence-electron chi connectivity index (χ2n) is 12.2. The molecule has 7 rings (SSSR count). The Bertz CT molecular complexity index is 2580. The summed E-state index contributed by atoms with van der Waals surface area (Å²) in [6, 6.07) is 31.0. The van der Waals surface area contributed by atoms with Gasteiger partial charge in [0.1, 0.15) is 57.9 Å². The molecule has 310 valence electrons. The van der Waals surface area contributed by atoms with Gasteiger partial charge in [0.15, 0.2) is 0 Å². The highest BCUT2D eigenvalue weighted by atomic mass is 35.5. The number of hydrogen-bond acceptors (Lipinski definition) is 13. The molecule has 0 unspecified atom stereocenters. The molecule has 0 aliphatic rings. The van der Waals surface area contributed by atoms with Gasteiger partial charge in [-0.05, 0) is 66.2 Å². The Labute approximate surface area is 379 Å². The minimum absolute atomic E-state index is 0.00453. The van der Waals surface area contributed by atoms with Gasteiger partial charge in [0.2, 0.25) is 5.69 Å². The number of benzene rings is 4. The van der Waals surface area contributed by atoms with Gasteiger partial charge in [0.05, 0.1) is 42.6 Å². The predicted molar refractivity (Wildman–Crippen MR) is 246 cm³/mol. The van der Waals surface area contributed by atoms with Crippen molar-refractivity contribution in [3.63, 3.8) is 0 Å². The van der Waals surface area contributed by atoms with Gasteiger partial charge in [-0.3, -0.25) is 4.79 Å². The maximum absolute atomic E-state index is 10.3. The van der Waals surface area contributed by atoms with Crippen molar-refractivity contribution in [1.82, 2.24) is 15.0 Å². The van der Waals surface area contributed by atoms with E-state index in [-0.39, 0.29) is 43.5 Å². The molecule has 0 fully saturated rings. The lowest BCUT2D eigenvalue weighted by Crippen LogP contribution is -2.02. The molecule has 0 amide bonds. The molecule has 0 atom stereocenters. The number of hydrogen-bond donors (Lipinski definition) is 3. The van der Waals surface area contributed by atoms with Crippen molar-refractivity contribution in [3.05, 3.63) is 152 Å². The molecule has 4 aromatic carbocycles. The normalized spacial score (nSPS) is 10.3. The zero-order chi connectivity index (χ0) is 43.6. The zero-order valence-corrected chi connectivity index (χ0v) is 36.7. The van der Waals surface area contributed by atoms with Gasteiger partial charge in [0.25, 0.3) is 0 Å². The van der Waals surface area contributed by atoms with E-state index in [1.807, 2.05) is 59.3 Å². The van der Waals surface area contributed by atoms with Crippen LogP contribution in [0.15, 0.2) is 113 Å². The Balaban J connectivity index is 0.000000219. The summed E-state index contributed by atoms with van der Waals surface area (Å²) in [5.41, 5.74) is 12.1. The van der Waals surface area contributed by atoms with Crippen LogP contribution in [0.5, 0.6) is 11.5 Å². The highest BCUT2D eigenvalue weighted by Crippen LogP contribution is 2.42. The monoisotopic (exact) mass is 928 g/mol. The van der Waals surface area contributed by atoms with Crippen molar-refractivity contribution in [1.29, 1.82) is 5.26 Å². The number of halogens is 3. The number of aromatic nitrogens is 3. The maximum atomic E-state index is 10.3. The average molecular weight is 930 g/mol. The minimum atomic E-state index is -0.0934. The van der Waals surface area contributed by atoms with Crippen molar-refractivity contribution in [2.24, 2.45) is 0 Å². The number of aliphatic hydroxyl groups is 2. The Morgan fingerprint density at radius 1 is 0.770 bits per heavy atom. The molecule has 0 aliphatic heterocycles. The molecule has 17 heteroatoms. The van der Waals surface area contributed by atoms with E-state index in [0.29, 0.717) is 49.9 Å². The molecule has 7 aromatic rings. The van der Waals surface area contributed by atoms with E-state index in [1.54, 1.807) is 59.9 Å². The number of nitriles is 1. The molecule has 0 saturated carbocycles. The lowest BCUT2D eigenvalue weighted by molar-refractivity contribution is 0.112. The number of ether oxygens (including phenoxy) is 2. The number of carbonyl (C=O) groups is 1. The van der Waals surface area contributed by atoms with Gasteiger partial charge in [0, 0.05) is 48.8 Å². The molecule has 61 heavy (non-hydrogen) atoms. The first-order chi connectivity index (χ1) is 29.7. The lowest BCUT2D eigenvalue weighted by atomic mass is 10.00. The largest absolute Gasteiger partial charge is 0.491 e. The number of aldehydes is 1. The Morgan fingerprint density at radius 3 is 1.72 bits per heavy atom. The van der Waals surface area contributed by atoms with Crippen molar-refractivity contribution in [2.45, 2.75) is 16.7 Å². The number of pyridine rings is 1. The second-order valence-corrected chi connectivity index (χ2v) is 16.0. The Kier molecular flexibility index (Phi) is 18.4. The van der Waals surface area contributed by atoms with Gasteiger partial charge in [-0.15, -0.1) is 34.3 Å². The van der Waals surface area contributed by atoms with Crippen LogP contribution < -0.4 is 15.2 Å². The van der Waals surface area contributed by atoms with E-state index in [4.69, 9.17) is 66.8 Å². The summed E-state index contributed by atoms with van der Waals surface area (Å²) >= 11 is 21.9. The number of aliphatic hydroxyl groups excluding tert-OH is 2. The first-order valence-corrected chi connectivity index (χ1v) is 22.1. The number of nitrogen functional groups attached to an aromatic ring is 1. The fourth-order valence-corrected chi connectivity index (χ4v) is 8.32. The van der Waals surface area contributed by atoms with Crippen LogP contribution in [0.2, 0.25) is 10.0 Å². The lowest BCUT2D eigenvalue weighted by Gasteiger charge is -2.13.